The van der Waals surface area contributed by atoms with E-state index in [0.717, 1.165) is 22.7 Å². The van der Waals surface area contributed by atoms with Gasteiger partial charge >= 0.3 is 0 Å². The van der Waals surface area contributed by atoms with Crippen LogP contribution in [-0.4, -0.2) is 0 Å². The lowest BCUT2D eigenvalue weighted by molar-refractivity contribution is 0.639. The number of rotatable bonds is 7. The van der Waals surface area contributed by atoms with E-state index in [0.29, 0.717) is 0 Å². The lowest BCUT2D eigenvalue weighted by Gasteiger charge is -2.37. The van der Waals surface area contributed by atoms with Gasteiger partial charge in [0, 0.05) is 55.8 Å². The first-order chi connectivity index (χ1) is 35.3. The van der Waals surface area contributed by atoms with Gasteiger partial charge in [-0.15, -0.1) is 0 Å². The van der Waals surface area contributed by atoms with Gasteiger partial charge in [0.05, 0.1) is 0 Å². The number of anilines is 6. The van der Waals surface area contributed by atoms with Crippen LogP contribution in [0, 0.1) is 27.7 Å². The summed E-state index contributed by atoms with van der Waals surface area (Å²) in [6.45, 7) is 28.4. The second-order valence-electron chi connectivity index (χ2n) is 24.5. The van der Waals surface area contributed by atoms with Gasteiger partial charge in [0.15, 0.2) is 0 Å². The minimum atomic E-state index is -0.184. The first kappa shape index (κ1) is 45.0. The van der Waals surface area contributed by atoms with Crippen LogP contribution in [0.3, 0.4) is 0 Å². The average molecular weight is 957 g/mol. The highest BCUT2D eigenvalue weighted by Crippen LogP contribution is 2.63. The number of hydrogen-bond donors (Lipinski definition) is 0. The van der Waals surface area contributed by atoms with Gasteiger partial charge in [0.1, 0.15) is 0 Å². The van der Waals surface area contributed by atoms with Crippen molar-refractivity contribution in [2.24, 2.45) is 0 Å². The molecule has 0 saturated heterocycles. The number of nitrogens with zero attached hydrogens (tertiary/aromatic N) is 2. The van der Waals surface area contributed by atoms with E-state index in [4.69, 9.17) is 0 Å². The highest BCUT2D eigenvalue weighted by Gasteiger charge is 2.47. The Hall–Kier alpha value is -7.68. The maximum absolute atomic E-state index is 2.51. The quantitative estimate of drug-likeness (QED) is 0.157. The summed E-state index contributed by atoms with van der Waals surface area (Å²) in [6, 6.07) is 65.5. The van der Waals surface area contributed by atoms with Crippen molar-refractivity contribution in [3.05, 3.63) is 237 Å². The summed E-state index contributed by atoms with van der Waals surface area (Å²) in [5.74, 6) is 0. The zero-order chi connectivity index (χ0) is 51.1. The van der Waals surface area contributed by atoms with E-state index < -0.39 is 0 Å². The van der Waals surface area contributed by atoms with Gasteiger partial charge in [-0.3, -0.25) is 0 Å². The monoisotopic (exact) mass is 957 g/mol. The number of benzene rings is 10. The van der Waals surface area contributed by atoms with Gasteiger partial charge in [-0.05, 0) is 211 Å². The normalized spacial score (nSPS) is 16.0. The molecule has 2 nitrogen and oxygen atoms in total. The van der Waals surface area contributed by atoms with E-state index in [-0.39, 0.29) is 21.7 Å². The Balaban J connectivity index is 0.864. The average Bonchev–Trinajstić information content (AvgIpc) is 3.75. The highest BCUT2D eigenvalue weighted by atomic mass is 15.1. The van der Waals surface area contributed by atoms with Crippen LogP contribution in [0.25, 0.3) is 54.9 Å². The zero-order valence-corrected chi connectivity index (χ0v) is 45.1. The summed E-state index contributed by atoms with van der Waals surface area (Å²) in [7, 11) is 0. The summed E-state index contributed by atoms with van der Waals surface area (Å²) >= 11 is 0. The maximum Gasteiger partial charge on any atom is 0.0468 e. The number of hydrogen-bond acceptors (Lipinski definition) is 2. The first-order valence-corrected chi connectivity index (χ1v) is 26.8. The Morgan fingerprint density at radius 1 is 0.270 bits per heavy atom. The molecular weight excluding hydrogens is 893 g/mol. The molecule has 362 valence electrons. The van der Waals surface area contributed by atoms with Gasteiger partial charge < -0.3 is 9.80 Å². The van der Waals surface area contributed by atoms with E-state index in [1.165, 1.54) is 133 Å². The fraction of sp³-hybridized carbons (Fsp3) is 0.222. The molecule has 74 heavy (non-hydrogen) atoms. The van der Waals surface area contributed by atoms with Crippen LogP contribution in [0.5, 0.6) is 0 Å². The molecule has 0 N–H and O–H groups in total. The summed E-state index contributed by atoms with van der Waals surface area (Å²) in [5, 5.41) is 5.66. The molecule has 0 atom stereocenters. The summed E-state index contributed by atoms with van der Waals surface area (Å²) in [4.78, 5) is 4.96. The third kappa shape index (κ3) is 5.94. The Labute approximate surface area is 438 Å². The second-order valence-corrected chi connectivity index (χ2v) is 24.5. The molecule has 10 aromatic rings. The lowest BCUT2D eigenvalue weighted by Crippen LogP contribution is -2.25. The lowest BCUT2D eigenvalue weighted by atomic mass is 9.68. The topological polar surface area (TPSA) is 6.48 Å². The zero-order valence-electron chi connectivity index (χ0n) is 45.1. The first-order valence-electron chi connectivity index (χ1n) is 26.8. The van der Waals surface area contributed by atoms with Crippen LogP contribution in [0.15, 0.2) is 170 Å². The molecule has 0 aromatic heterocycles. The largest absolute Gasteiger partial charge is 0.310 e. The third-order valence-electron chi connectivity index (χ3n) is 18.6. The minimum Gasteiger partial charge on any atom is -0.310 e. The van der Waals surface area contributed by atoms with Crippen molar-refractivity contribution in [2.75, 3.05) is 9.80 Å². The third-order valence-corrected chi connectivity index (χ3v) is 18.6. The van der Waals surface area contributed by atoms with Crippen molar-refractivity contribution < 1.29 is 0 Å². The van der Waals surface area contributed by atoms with Crippen LogP contribution in [0.4, 0.5) is 34.1 Å². The fourth-order valence-corrected chi connectivity index (χ4v) is 14.3. The molecule has 0 heterocycles. The van der Waals surface area contributed by atoms with Crippen molar-refractivity contribution in [2.45, 2.75) is 105 Å². The second kappa shape index (κ2) is 15.0. The molecule has 2 heteroatoms. The molecule has 0 unspecified atom stereocenters. The van der Waals surface area contributed by atoms with E-state index >= 15 is 0 Å². The number of aryl methyl sites for hydroxylation is 4. The summed E-state index contributed by atoms with van der Waals surface area (Å²) in [5.41, 5.74) is 31.1. The molecule has 4 aliphatic carbocycles. The van der Waals surface area contributed by atoms with Crippen LogP contribution in [0.1, 0.15) is 122 Å². The smallest absolute Gasteiger partial charge is 0.0468 e. The van der Waals surface area contributed by atoms with Crippen LogP contribution < -0.4 is 9.80 Å². The minimum absolute atomic E-state index is 0.152. The molecule has 0 aliphatic heterocycles. The van der Waals surface area contributed by atoms with Gasteiger partial charge in [-0.1, -0.05) is 164 Å². The predicted octanol–water partition coefficient (Wildman–Crippen LogP) is 19.7. The molecule has 0 radical (unpaired) electrons. The molecule has 0 spiro atoms. The Morgan fingerprint density at radius 3 is 0.878 bits per heavy atom. The Kier molecular flexibility index (Phi) is 9.10. The maximum atomic E-state index is 2.51. The Bertz CT molecular complexity index is 3800. The van der Waals surface area contributed by atoms with Crippen molar-refractivity contribution >= 4 is 55.7 Å². The van der Waals surface area contributed by atoms with E-state index in [9.17, 15) is 0 Å². The van der Waals surface area contributed by atoms with Crippen LogP contribution in [-0.2, 0) is 21.7 Å². The molecule has 0 saturated carbocycles. The molecule has 0 amide bonds. The van der Waals surface area contributed by atoms with Gasteiger partial charge in [0.2, 0.25) is 0 Å². The van der Waals surface area contributed by atoms with E-state index in [1.54, 1.807) is 0 Å². The van der Waals surface area contributed by atoms with Crippen molar-refractivity contribution in [1.82, 2.24) is 0 Å². The van der Waals surface area contributed by atoms with E-state index in [1.807, 2.05) is 0 Å². The summed E-state index contributed by atoms with van der Waals surface area (Å²) in [6.07, 6.45) is 0. The molecule has 0 bridgehead atoms. The SMILES string of the molecule is Cc1ccc(N(c2ccc(-c3ccc(N(c4ccc(C)cc4)c4cc5c6c(c4)C(C)(C)c4cccc7c(C)cc(c-6c47)C5(C)C)cc3)cc2)c2cc3c4c(c2)C(C)(C)c2cccc5c(C)cc(c-4c25)C3(C)C)cc1. The molecule has 10 aromatic carbocycles. The molecule has 0 fully saturated rings. The van der Waals surface area contributed by atoms with E-state index in [2.05, 4.69) is 263 Å². The fourth-order valence-electron chi connectivity index (χ4n) is 14.3. The van der Waals surface area contributed by atoms with Crippen LogP contribution >= 0.6 is 0 Å². The Morgan fingerprint density at radius 2 is 0.554 bits per heavy atom. The van der Waals surface area contributed by atoms with Gasteiger partial charge in [-0.25, -0.2) is 0 Å². The van der Waals surface area contributed by atoms with Gasteiger partial charge in [0.25, 0.3) is 0 Å². The molecule has 4 aliphatic rings. The van der Waals surface area contributed by atoms with Crippen molar-refractivity contribution in [3.8, 4) is 33.4 Å². The van der Waals surface area contributed by atoms with Gasteiger partial charge in [-0.2, -0.15) is 0 Å². The molecular formula is C72H64N2. The van der Waals surface area contributed by atoms with Crippen molar-refractivity contribution in [1.29, 1.82) is 0 Å². The highest BCUT2D eigenvalue weighted by molar-refractivity contribution is 6.11. The van der Waals surface area contributed by atoms with Crippen molar-refractivity contribution in [3.63, 3.8) is 0 Å². The summed E-state index contributed by atoms with van der Waals surface area (Å²) < 4.78 is 0. The molecule has 14 rings (SSSR count). The van der Waals surface area contributed by atoms with Crippen LogP contribution in [0.2, 0.25) is 0 Å². The standard InChI is InChI=1S/C72H64N2/c1-41-19-27-47(28-20-41)73(51-37-59-65-61(39-51)71(9,10)57-35-43(3)53-15-13-17-55(69(59,5)6)63(53)67(57)65)49-31-23-45(24-32-49)46-25-33-50(34-26-46)74(48-29-21-42(2)22-30-48)52-38-60-66-62(40-52)72(11,12)58-36-44(4)54-16-14-18-56(70(60,7)8)64(54)68(58)66/h13-40H,1-12H3. The predicted molar refractivity (Wildman–Crippen MR) is 315 cm³/mol.